The van der Waals surface area contributed by atoms with E-state index in [0.717, 1.165) is 28.8 Å². The normalized spacial score (nSPS) is 15.8. The second kappa shape index (κ2) is 12.8. The number of benzene rings is 2. The van der Waals surface area contributed by atoms with Gasteiger partial charge in [-0.1, -0.05) is 18.2 Å². The van der Waals surface area contributed by atoms with Crippen molar-refractivity contribution < 1.29 is 32.6 Å². The minimum absolute atomic E-state index is 0.254. The number of aryl methyl sites for hydroxylation is 1. The van der Waals surface area contributed by atoms with Gasteiger partial charge in [0.1, 0.15) is 28.4 Å². The Morgan fingerprint density at radius 1 is 0.773 bits per heavy atom. The molecule has 2 heterocycles. The highest BCUT2D eigenvalue weighted by atomic mass is 19.1. The molecule has 0 aliphatic carbocycles. The summed E-state index contributed by atoms with van der Waals surface area (Å²) >= 11 is 0. The monoisotopic (exact) mass is 609 g/mol. The topological polar surface area (TPSA) is 88.2 Å². The van der Waals surface area contributed by atoms with Crippen LogP contribution in [0.4, 0.5) is 24.1 Å². The fourth-order valence-electron chi connectivity index (χ4n) is 5.10. The van der Waals surface area contributed by atoms with Crippen LogP contribution in [0.15, 0.2) is 42.5 Å². The van der Waals surface area contributed by atoms with Crippen LogP contribution in [0.1, 0.15) is 81.4 Å². The number of amides is 3. The molecule has 0 saturated carbocycles. The SMILES string of the molecule is Cc1cc(NC(=O)c2c(F)cc(C3=CCN(C(=O)OC(C)(C)C)CC3)cc2F)ccc1C1=CCN(C(=O)OC(C)(C)C)CC1. The second-order valence-electron chi connectivity index (χ2n) is 13.1. The van der Waals surface area contributed by atoms with Crippen molar-refractivity contribution in [2.45, 2.75) is 72.5 Å². The third kappa shape index (κ3) is 8.24. The highest BCUT2D eigenvalue weighted by molar-refractivity contribution is 6.05. The van der Waals surface area contributed by atoms with Gasteiger partial charge < -0.3 is 24.6 Å². The molecule has 2 aromatic carbocycles. The Kier molecular flexibility index (Phi) is 9.51. The minimum atomic E-state index is -0.969. The fourth-order valence-corrected chi connectivity index (χ4v) is 5.10. The third-order valence-electron chi connectivity index (χ3n) is 7.19. The van der Waals surface area contributed by atoms with E-state index in [1.54, 1.807) is 43.9 Å². The molecular formula is C34H41F2N3O5. The quantitative estimate of drug-likeness (QED) is 0.386. The minimum Gasteiger partial charge on any atom is -0.444 e. The smallest absolute Gasteiger partial charge is 0.410 e. The van der Waals surface area contributed by atoms with Gasteiger partial charge in [-0.3, -0.25) is 4.79 Å². The Morgan fingerprint density at radius 2 is 1.27 bits per heavy atom. The summed E-state index contributed by atoms with van der Waals surface area (Å²) < 4.78 is 41.1. The van der Waals surface area contributed by atoms with E-state index in [9.17, 15) is 14.4 Å². The molecule has 0 saturated heterocycles. The van der Waals surface area contributed by atoms with Gasteiger partial charge in [0.05, 0.1) is 0 Å². The molecule has 44 heavy (non-hydrogen) atoms. The Morgan fingerprint density at radius 3 is 1.70 bits per heavy atom. The third-order valence-corrected chi connectivity index (χ3v) is 7.19. The number of carbonyl (C=O) groups excluding carboxylic acids is 3. The van der Waals surface area contributed by atoms with Crippen LogP contribution in [-0.2, 0) is 9.47 Å². The number of anilines is 1. The van der Waals surface area contributed by atoms with Crippen molar-refractivity contribution in [3.63, 3.8) is 0 Å². The number of ether oxygens (including phenoxy) is 2. The highest BCUT2D eigenvalue weighted by Gasteiger charge is 2.27. The molecule has 0 unspecified atom stereocenters. The summed E-state index contributed by atoms with van der Waals surface area (Å²) in [5.41, 5.74) is 2.48. The lowest BCUT2D eigenvalue weighted by Crippen LogP contribution is -2.39. The van der Waals surface area contributed by atoms with Crippen LogP contribution >= 0.6 is 0 Å². The summed E-state index contributed by atoms with van der Waals surface area (Å²) in [6.45, 7) is 14.3. The molecule has 2 aromatic rings. The summed E-state index contributed by atoms with van der Waals surface area (Å²) in [4.78, 5) is 40.8. The van der Waals surface area contributed by atoms with E-state index in [0.29, 0.717) is 49.3 Å². The predicted octanol–water partition coefficient (Wildman–Crippen LogP) is 7.57. The fraction of sp³-hybridized carbons (Fsp3) is 0.441. The zero-order valence-electron chi connectivity index (χ0n) is 26.5. The zero-order valence-corrected chi connectivity index (χ0v) is 26.5. The molecule has 236 valence electrons. The Labute approximate surface area is 257 Å². The van der Waals surface area contributed by atoms with Gasteiger partial charge in [0.2, 0.25) is 0 Å². The van der Waals surface area contributed by atoms with Gasteiger partial charge in [0.25, 0.3) is 5.91 Å². The molecular weight excluding hydrogens is 568 g/mol. The molecule has 10 heteroatoms. The maximum absolute atomic E-state index is 15.1. The molecule has 1 N–H and O–H groups in total. The van der Waals surface area contributed by atoms with Crippen molar-refractivity contribution >= 4 is 34.9 Å². The van der Waals surface area contributed by atoms with Crippen molar-refractivity contribution in [2.75, 3.05) is 31.5 Å². The number of nitrogens with zero attached hydrogens (tertiary/aromatic N) is 2. The van der Waals surface area contributed by atoms with E-state index in [1.807, 2.05) is 39.8 Å². The molecule has 3 amide bonds. The lowest BCUT2D eigenvalue weighted by Gasteiger charge is -2.30. The van der Waals surface area contributed by atoms with Crippen LogP contribution in [-0.4, -0.2) is 65.3 Å². The lowest BCUT2D eigenvalue weighted by molar-refractivity contribution is 0.0260. The van der Waals surface area contributed by atoms with Crippen molar-refractivity contribution in [3.8, 4) is 0 Å². The second-order valence-corrected chi connectivity index (χ2v) is 13.1. The van der Waals surface area contributed by atoms with Crippen LogP contribution in [0.3, 0.4) is 0 Å². The van der Waals surface area contributed by atoms with Crippen LogP contribution in [0, 0.1) is 18.6 Å². The number of hydrogen-bond donors (Lipinski definition) is 1. The average molecular weight is 610 g/mol. The van der Waals surface area contributed by atoms with E-state index in [4.69, 9.17) is 9.47 Å². The standard InChI is InChI=1S/C34H41F2N3O5/c1-21-18-25(8-9-26(21)23-12-16-39(17-13-23)32(42)44-34(5,6)7)37-30(40)29-27(35)19-24(20-28(29)36)22-10-14-38(15-11-22)31(41)43-33(2,3)4/h8-10,12,18-20H,11,13-17H2,1-7H3,(H,37,40). The van der Waals surface area contributed by atoms with Crippen molar-refractivity contribution in [3.05, 3.63) is 76.4 Å². The van der Waals surface area contributed by atoms with Crippen LogP contribution < -0.4 is 5.32 Å². The first kappa shape index (κ1) is 32.7. The molecule has 0 atom stereocenters. The van der Waals surface area contributed by atoms with E-state index < -0.39 is 40.4 Å². The largest absolute Gasteiger partial charge is 0.444 e. The predicted molar refractivity (Wildman–Crippen MR) is 166 cm³/mol. The number of nitrogens with one attached hydrogen (secondary N) is 1. The summed E-state index contributed by atoms with van der Waals surface area (Å²) in [5.74, 6) is -2.83. The van der Waals surface area contributed by atoms with Gasteiger partial charge in [-0.05, 0) is 113 Å². The van der Waals surface area contributed by atoms with Crippen molar-refractivity contribution in [1.82, 2.24) is 9.80 Å². The summed E-state index contributed by atoms with van der Waals surface area (Å²) in [5, 5.41) is 2.61. The molecule has 4 rings (SSSR count). The molecule has 0 spiro atoms. The Bertz CT molecular complexity index is 1490. The van der Waals surface area contributed by atoms with Crippen molar-refractivity contribution in [1.29, 1.82) is 0 Å². The number of rotatable bonds is 4. The maximum Gasteiger partial charge on any atom is 0.410 e. The van der Waals surface area contributed by atoms with Gasteiger partial charge in [0.15, 0.2) is 0 Å². The van der Waals surface area contributed by atoms with E-state index in [-0.39, 0.29) is 12.6 Å². The summed E-state index contributed by atoms with van der Waals surface area (Å²) in [6.07, 6.45) is 3.96. The number of halogens is 2. The van der Waals surface area contributed by atoms with Gasteiger partial charge >= 0.3 is 12.2 Å². The van der Waals surface area contributed by atoms with Crippen LogP contribution in [0.5, 0.6) is 0 Å². The van der Waals surface area contributed by atoms with Crippen LogP contribution in [0.2, 0.25) is 0 Å². The number of carbonyl (C=O) groups is 3. The molecule has 0 radical (unpaired) electrons. The molecule has 0 fully saturated rings. The van der Waals surface area contributed by atoms with Crippen LogP contribution in [0.25, 0.3) is 11.1 Å². The molecule has 0 aromatic heterocycles. The van der Waals surface area contributed by atoms with E-state index in [2.05, 4.69) is 5.32 Å². The summed E-state index contributed by atoms with van der Waals surface area (Å²) in [6, 6.07) is 7.59. The first-order chi connectivity index (χ1) is 20.5. The highest BCUT2D eigenvalue weighted by Crippen LogP contribution is 2.30. The molecule has 8 nitrogen and oxygen atoms in total. The Hall–Kier alpha value is -4.21. The first-order valence-electron chi connectivity index (χ1n) is 14.8. The Balaban J connectivity index is 1.41. The van der Waals surface area contributed by atoms with Gasteiger partial charge in [0, 0.05) is 31.9 Å². The van der Waals surface area contributed by atoms with Gasteiger partial charge in [-0.25, -0.2) is 18.4 Å². The van der Waals surface area contributed by atoms with E-state index >= 15 is 8.78 Å². The van der Waals surface area contributed by atoms with Crippen molar-refractivity contribution in [2.24, 2.45) is 0 Å². The van der Waals surface area contributed by atoms with Gasteiger partial charge in [-0.15, -0.1) is 0 Å². The number of hydrogen-bond acceptors (Lipinski definition) is 5. The average Bonchev–Trinajstić information content (AvgIpc) is 2.91. The maximum atomic E-state index is 15.1. The molecule has 2 aliphatic rings. The van der Waals surface area contributed by atoms with E-state index in [1.165, 1.54) is 4.90 Å². The summed E-state index contributed by atoms with van der Waals surface area (Å²) in [7, 11) is 0. The van der Waals surface area contributed by atoms with Gasteiger partial charge in [-0.2, -0.15) is 0 Å². The first-order valence-corrected chi connectivity index (χ1v) is 14.8. The zero-order chi connectivity index (χ0) is 32.4. The molecule has 2 aliphatic heterocycles. The lowest BCUT2D eigenvalue weighted by atomic mass is 9.95. The molecule has 0 bridgehead atoms.